The molecule has 1 amide bonds. The molecular formula is C16H30N2O. The van der Waals surface area contributed by atoms with Crippen LogP contribution in [0.5, 0.6) is 0 Å². The molecule has 2 aliphatic carbocycles. The Morgan fingerprint density at radius 1 is 1.00 bits per heavy atom. The molecule has 0 aromatic heterocycles. The smallest absolute Gasteiger partial charge is 0.227 e. The maximum Gasteiger partial charge on any atom is 0.227 e. The van der Waals surface area contributed by atoms with E-state index in [1.54, 1.807) is 0 Å². The molecule has 0 bridgehead atoms. The van der Waals surface area contributed by atoms with E-state index in [1.165, 1.54) is 51.4 Å². The van der Waals surface area contributed by atoms with Gasteiger partial charge in [0.2, 0.25) is 5.91 Å². The Morgan fingerprint density at radius 3 is 2.21 bits per heavy atom. The zero-order chi connectivity index (χ0) is 13.7. The van der Waals surface area contributed by atoms with Gasteiger partial charge < -0.3 is 10.6 Å². The number of carbonyl (C=O) groups excluding carboxylic acids is 1. The van der Waals surface area contributed by atoms with E-state index in [4.69, 9.17) is 5.73 Å². The Hall–Kier alpha value is -0.570. The highest BCUT2D eigenvalue weighted by Gasteiger charge is 2.33. The van der Waals surface area contributed by atoms with Crippen LogP contribution in [0.2, 0.25) is 0 Å². The van der Waals surface area contributed by atoms with Crippen LogP contribution in [0.3, 0.4) is 0 Å². The normalized spacial score (nSPS) is 29.8. The van der Waals surface area contributed by atoms with Crippen molar-refractivity contribution in [3.05, 3.63) is 0 Å². The van der Waals surface area contributed by atoms with E-state index in [2.05, 4.69) is 11.8 Å². The highest BCUT2D eigenvalue weighted by Crippen LogP contribution is 2.28. The van der Waals surface area contributed by atoms with Crippen LogP contribution >= 0.6 is 0 Å². The largest absolute Gasteiger partial charge is 0.340 e. The number of amides is 1. The summed E-state index contributed by atoms with van der Waals surface area (Å²) in [6.45, 7) is 2.97. The summed E-state index contributed by atoms with van der Waals surface area (Å²) in [6, 6.07) is 0.578. The minimum Gasteiger partial charge on any atom is -0.340 e. The third-order valence-corrected chi connectivity index (χ3v) is 5.03. The predicted molar refractivity (Wildman–Crippen MR) is 78.8 cm³/mol. The fraction of sp³-hybridized carbons (Fsp3) is 0.938. The molecule has 19 heavy (non-hydrogen) atoms. The van der Waals surface area contributed by atoms with Crippen LogP contribution in [-0.4, -0.2) is 29.4 Å². The standard InChI is InChI=1S/C16H30N2O/c1-2-18(13-9-5-3-6-10-13)16(19)14-11-7-4-8-12-15(14)17/h13-15H,2-12,17H2,1H3. The molecule has 2 N–H and O–H groups in total. The maximum atomic E-state index is 12.8. The lowest BCUT2D eigenvalue weighted by atomic mass is 9.90. The van der Waals surface area contributed by atoms with Crippen molar-refractivity contribution in [1.29, 1.82) is 0 Å². The van der Waals surface area contributed by atoms with E-state index in [-0.39, 0.29) is 12.0 Å². The molecule has 0 radical (unpaired) electrons. The van der Waals surface area contributed by atoms with Crippen LogP contribution in [0.4, 0.5) is 0 Å². The van der Waals surface area contributed by atoms with Gasteiger partial charge in [0.1, 0.15) is 0 Å². The first-order valence-corrected chi connectivity index (χ1v) is 8.30. The lowest BCUT2D eigenvalue weighted by Gasteiger charge is -2.37. The first kappa shape index (κ1) is 14.8. The van der Waals surface area contributed by atoms with Gasteiger partial charge in [-0.15, -0.1) is 0 Å². The molecule has 110 valence electrons. The topological polar surface area (TPSA) is 46.3 Å². The molecule has 2 rings (SSSR count). The second kappa shape index (κ2) is 7.28. The quantitative estimate of drug-likeness (QED) is 0.798. The van der Waals surface area contributed by atoms with Crippen molar-refractivity contribution in [2.45, 2.75) is 83.2 Å². The van der Waals surface area contributed by atoms with Gasteiger partial charge in [-0.25, -0.2) is 0 Å². The second-order valence-corrected chi connectivity index (χ2v) is 6.32. The summed E-state index contributed by atoms with van der Waals surface area (Å²) in [7, 11) is 0. The summed E-state index contributed by atoms with van der Waals surface area (Å²) >= 11 is 0. The predicted octanol–water partition coefficient (Wildman–Crippen LogP) is 3.08. The van der Waals surface area contributed by atoms with E-state index in [1.807, 2.05) is 0 Å². The summed E-state index contributed by atoms with van der Waals surface area (Å²) in [5.41, 5.74) is 6.25. The number of rotatable bonds is 3. The van der Waals surface area contributed by atoms with E-state index >= 15 is 0 Å². The highest BCUT2D eigenvalue weighted by molar-refractivity contribution is 5.80. The van der Waals surface area contributed by atoms with Gasteiger partial charge in [-0.2, -0.15) is 0 Å². The number of hydrogen-bond acceptors (Lipinski definition) is 2. The SMILES string of the molecule is CCN(C(=O)C1CCCCCC1N)C1CCCCC1. The van der Waals surface area contributed by atoms with Crippen LogP contribution in [0.25, 0.3) is 0 Å². The molecule has 3 nitrogen and oxygen atoms in total. The molecule has 0 aromatic carbocycles. The Labute approximate surface area is 117 Å². The fourth-order valence-electron chi connectivity index (χ4n) is 3.84. The van der Waals surface area contributed by atoms with E-state index in [0.717, 1.165) is 19.4 Å². The number of hydrogen-bond donors (Lipinski definition) is 1. The molecular weight excluding hydrogens is 236 g/mol. The average Bonchev–Trinajstić information content (AvgIpc) is 2.65. The van der Waals surface area contributed by atoms with Crippen LogP contribution in [0.1, 0.15) is 71.1 Å². The third-order valence-electron chi connectivity index (χ3n) is 5.03. The number of carbonyl (C=O) groups is 1. The van der Waals surface area contributed by atoms with Crippen LogP contribution in [0, 0.1) is 5.92 Å². The molecule has 2 unspecified atom stereocenters. The number of nitrogens with zero attached hydrogens (tertiary/aromatic N) is 1. The monoisotopic (exact) mass is 266 g/mol. The fourth-order valence-corrected chi connectivity index (χ4v) is 3.84. The first-order valence-electron chi connectivity index (χ1n) is 8.30. The summed E-state index contributed by atoms with van der Waals surface area (Å²) in [4.78, 5) is 15.0. The van der Waals surface area contributed by atoms with Gasteiger partial charge in [0, 0.05) is 18.6 Å². The molecule has 0 spiro atoms. The van der Waals surface area contributed by atoms with Crippen molar-refractivity contribution in [3.8, 4) is 0 Å². The summed E-state index contributed by atoms with van der Waals surface area (Å²) in [5, 5.41) is 0. The van der Waals surface area contributed by atoms with Gasteiger partial charge >= 0.3 is 0 Å². The minimum absolute atomic E-state index is 0.0874. The Bertz CT molecular complexity index is 286. The van der Waals surface area contributed by atoms with Gasteiger partial charge in [-0.05, 0) is 32.6 Å². The molecule has 0 heterocycles. The molecule has 0 aromatic rings. The van der Waals surface area contributed by atoms with Gasteiger partial charge in [-0.3, -0.25) is 4.79 Å². The highest BCUT2D eigenvalue weighted by atomic mass is 16.2. The summed E-state index contributed by atoms with van der Waals surface area (Å²) in [6.07, 6.45) is 11.9. The van der Waals surface area contributed by atoms with Crippen LogP contribution < -0.4 is 5.73 Å². The van der Waals surface area contributed by atoms with Crippen molar-refractivity contribution in [2.75, 3.05) is 6.54 Å². The molecule has 2 saturated carbocycles. The van der Waals surface area contributed by atoms with Crippen LogP contribution in [-0.2, 0) is 4.79 Å². The van der Waals surface area contributed by atoms with E-state index in [9.17, 15) is 4.79 Å². The van der Waals surface area contributed by atoms with Crippen molar-refractivity contribution in [2.24, 2.45) is 11.7 Å². The Balaban J connectivity index is 2.01. The first-order chi connectivity index (χ1) is 9.24. The van der Waals surface area contributed by atoms with Crippen molar-refractivity contribution in [3.63, 3.8) is 0 Å². The van der Waals surface area contributed by atoms with Gasteiger partial charge in [0.05, 0.1) is 5.92 Å². The maximum absolute atomic E-state index is 12.8. The van der Waals surface area contributed by atoms with Crippen molar-refractivity contribution >= 4 is 5.91 Å². The van der Waals surface area contributed by atoms with E-state index < -0.39 is 0 Å². The van der Waals surface area contributed by atoms with Gasteiger partial charge in [0.15, 0.2) is 0 Å². The van der Waals surface area contributed by atoms with Gasteiger partial charge in [0.25, 0.3) is 0 Å². The Kier molecular flexibility index (Phi) is 5.68. The zero-order valence-electron chi connectivity index (χ0n) is 12.4. The lowest BCUT2D eigenvalue weighted by Crippen LogP contribution is -2.48. The van der Waals surface area contributed by atoms with Crippen LogP contribution in [0.15, 0.2) is 0 Å². The number of nitrogens with two attached hydrogens (primary N) is 1. The summed E-state index contributed by atoms with van der Waals surface area (Å²) < 4.78 is 0. The van der Waals surface area contributed by atoms with Crippen molar-refractivity contribution < 1.29 is 4.79 Å². The minimum atomic E-state index is 0.0874. The molecule has 0 aliphatic heterocycles. The lowest BCUT2D eigenvalue weighted by molar-refractivity contribution is -0.139. The molecule has 0 saturated heterocycles. The average molecular weight is 266 g/mol. The Morgan fingerprint density at radius 2 is 1.58 bits per heavy atom. The molecule has 2 atom stereocenters. The third kappa shape index (κ3) is 3.71. The molecule has 2 fully saturated rings. The summed E-state index contributed by atoms with van der Waals surface area (Å²) in [5.74, 6) is 0.438. The van der Waals surface area contributed by atoms with Gasteiger partial charge in [-0.1, -0.05) is 38.5 Å². The molecule has 3 heteroatoms. The second-order valence-electron chi connectivity index (χ2n) is 6.32. The van der Waals surface area contributed by atoms with Crippen molar-refractivity contribution in [1.82, 2.24) is 4.90 Å². The zero-order valence-corrected chi connectivity index (χ0v) is 12.4. The van der Waals surface area contributed by atoms with E-state index in [0.29, 0.717) is 11.9 Å². The molecule has 2 aliphatic rings.